The molecule has 1 aliphatic rings. The first kappa shape index (κ1) is 18.7. The van der Waals surface area contributed by atoms with Crippen molar-refractivity contribution in [1.29, 1.82) is 0 Å². The Kier molecular flexibility index (Phi) is 8.05. The maximum absolute atomic E-state index is 5.96. The smallest absolute Gasteiger partial charge is 0.191 e. The number of benzene rings is 1. The van der Waals surface area contributed by atoms with Crippen molar-refractivity contribution in [3.05, 3.63) is 35.4 Å². The molecule has 0 aliphatic carbocycles. The van der Waals surface area contributed by atoms with E-state index in [0.717, 1.165) is 38.6 Å². The van der Waals surface area contributed by atoms with Crippen LogP contribution in [0.15, 0.2) is 29.3 Å². The molecule has 0 spiro atoms. The van der Waals surface area contributed by atoms with Crippen LogP contribution in [0.1, 0.15) is 44.7 Å². The van der Waals surface area contributed by atoms with Crippen LogP contribution >= 0.6 is 0 Å². The van der Waals surface area contributed by atoms with Crippen LogP contribution in [0.2, 0.25) is 0 Å². The van der Waals surface area contributed by atoms with E-state index in [4.69, 9.17) is 9.47 Å². The van der Waals surface area contributed by atoms with Crippen molar-refractivity contribution in [2.75, 3.05) is 19.8 Å². The lowest BCUT2D eigenvalue weighted by molar-refractivity contribution is -0.0390. The first-order valence-electron chi connectivity index (χ1n) is 8.99. The highest BCUT2D eigenvalue weighted by atomic mass is 16.5. The zero-order chi connectivity index (χ0) is 17.2. The van der Waals surface area contributed by atoms with E-state index in [0.29, 0.717) is 25.3 Å². The summed E-state index contributed by atoms with van der Waals surface area (Å²) in [6, 6.07) is 8.89. The Bertz CT molecular complexity index is 494. The molecule has 0 amide bonds. The number of hydrogen-bond acceptors (Lipinski definition) is 3. The summed E-state index contributed by atoms with van der Waals surface area (Å²) in [4.78, 5) is 4.62. The van der Waals surface area contributed by atoms with Gasteiger partial charge in [-0.15, -0.1) is 0 Å². The fourth-order valence-corrected chi connectivity index (χ4v) is 2.56. The van der Waals surface area contributed by atoms with Gasteiger partial charge in [0.05, 0.1) is 19.3 Å². The molecule has 0 unspecified atom stereocenters. The van der Waals surface area contributed by atoms with Gasteiger partial charge >= 0.3 is 0 Å². The molecule has 2 rings (SSSR count). The molecular weight excluding hydrogens is 302 g/mol. The van der Waals surface area contributed by atoms with Crippen molar-refractivity contribution in [3.8, 4) is 0 Å². The molecular formula is C19H31N3O2. The fourth-order valence-electron chi connectivity index (χ4n) is 2.56. The van der Waals surface area contributed by atoms with E-state index in [2.05, 4.69) is 60.7 Å². The van der Waals surface area contributed by atoms with Crippen molar-refractivity contribution in [2.24, 2.45) is 4.99 Å². The molecule has 0 radical (unpaired) electrons. The van der Waals surface area contributed by atoms with Crippen LogP contribution in [0.3, 0.4) is 0 Å². The van der Waals surface area contributed by atoms with Crippen LogP contribution in [0, 0.1) is 0 Å². The molecule has 2 N–H and O–H groups in total. The quantitative estimate of drug-likeness (QED) is 0.595. The van der Waals surface area contributed by atoms with E-state index in [9.17, 15) is 0 Å². The third-order valence-electron chi connectivity index (χ3n) is 3.87. The Morgan fingerprint density at radius 2 is 1.88 bits per heavy atom. The van der Waals surface area contributed by atoms with Crippen molar-refractivity contribution >= 4 is 5.96 Å². The summed E-state index contributed by atoms with van der Waals surface area (Å²) in [5, 5.41) is 6.59. The van der Waals surface area contributed by atoms with Gasteiger partial charge in [0.25, 0.3) is 0 Å². The third kappa shape index (κ3) is 6.89. The summed E-state index contributed by atoms with van der Waals surface area (Å²) in [5.41, 5.74) is 2.41. The van der Waals surface area contributed by atoms with E-state index in [-0.39, 0.29) is 0 Å². The predicted octanol–water partition coefficient (Wildman–Crippen LogP) is 2.85. The minimum atomic E-state index is 0.341. The van der Waals surface area contributed by atoms with Crippen molar-refractivity contribution in [3.63, 3.8) is 0 Å². The fraction of sp³-hybridized carbons (Fsp3) is 0.632. The Labute approximate surface area is 145 Å². The van der Waals surface area contributed by atoms with Gasteiger partial charge in [0.1, 0.15) is 0 Å². The monoisotopic (exact) mass is 333 g/mol. The van der Waals surface area contributed by atoms with Gasteiger partial charge < -0.3 is 20.1 Å². The lowest BCUT2D eigenvalue weighted by atomic mass is 10.1. The lowest BCUT2D eigenvalue weighted by Crippen LogP contribution is -2.40. The van der Waals surface area contributed by atoms with Crippen LogP contribution < -0.4 is 10.6 Å². The van der Waals surface area contributed by atoms with Gasteiger partial charge in [-0.25, -0.2) is 4.99 Å². The first-order valence-corrected chi connectivity index (χ1v) is 8.99. The number of aliphatic imine (C=N–C) groups is 1. The second kappa shape index (κ2) is 10.3. The van der Waals surface area contributed by atoms with Crippen molar-refractivity contribution in [2.45, 2.75) is 58.9 Å². The average molecular weight is 333 g/mol. The van der Waals surface area contributed by atoms with Crippen LogP contribution in [-0.2, 0) is 22.6 Å². The van der Waals surface area contributed by atoms with E-state index >= 15 is 0 Å². The summed E-state index contributed by atoms with van der Waals surface area (Å²) in [6.45, 7) is 10.1. The van der Waals surface area contributed by atoms with Crippen molar-refractivity contribution in [1.82, 2.24) is 10.6 Å². The molecule has 0 saturated carbocycles. The molecule has 5 nitrogen and oxygen atoms in total. The molecule has 0 atom stereocenters. The maximum Gasteiger partial charge on any atom is 0.191 e. The van der Waals surface area contributed by atoms with E-state index in [1.54, 1.807) is 0 Å². The highest BCUT2D eigenvalue weighted by Crippen LogP contribution is 2.14. The number of ether oxygens (including phenoxy) is 2. The van der Waals surface area contributed by atoms with Gasteiger partial charge in [0.15, 0.2) is 5.96 Å². The Balaban J connectivity index is 1.81. The molecule has 1 heterocycles. The molecule has 1 fully saturated rings. The van der Waals surface area contributed by atoms with Crippen molar-refractivity contribution < 1.29 is 9.47 Å². The number of guanidine groups is 1. The number of rotatable bonds is 7. The first-order chi connectivity index (χ1) is 11.7. The summed E-state index contributed by atoms with van der Waals surface area (Å²) in [6.07, 6.45) is 2.35. The Hall–Kier alpha value is -1.59. The summed E-state index contributed by atoms with van der Waals surface area (Å²) >= 11 is 0. The highest BCUT2D eigenvalue weighted by Gasteiger charge is 2.13. The van der Waals surface area contributed by atoms with Gasteiger partial charge in [-0.1, -0.05) is 24.3 Å². The number of nitrogens with one attached hydrogen (secondary N) is 2. The van der Waals surface area contributed by atoms with Crippen LogP contribution in [0.5, 0.6) is 0 Å². The minimum absolute atomic E-state index is 0.341. The topological polar surface area (TPSA) is 54.9 Å². The molecule has 1 aliphatic heterocycles. The zero-order valence-corrected chi connectivity index (χ0v) is 15.2. The van der Waals surface area contributed by atoms with Gasteiger partial charge in [-0.3, -0.25) is 0 Å². The second-order valence-corrected chi connectivity index (χ2v) is 6.43. The third-order valence-corrected chi connectivity index (χ3v) is 3.87. The Morgan fingerprint density at radius 1 is 1.21 bits per heavy atom. The number of nitrogens with zero attached hydrogens (tertiary/aromatic N) is 1. The zero-order valence-electron chi connectivity index (χ0n) is 15.2. The van der Waals surface area contributed by atoms with Gasteiger partial charge in [0.2, 0.25) is 0 Å². The Morgan fingerprint density at radius 3 is 2.50 bits per heavy atom. The van der Waals surface area contributed by atoms with Gasteiger partial charge in [0, 0.05) is 25.8 Å². The summed E-state index contributed by atoms with van der Waals surface area (Å²) in [5.74, 6) is 0.861. The molecule has 1 saturated heterocycles. The van der Waals surface area contributed by atoms with Gasteiger partial charge in [-0.2, -0.15) is 0 Å². The van der Waals surface area contributed by atoms with Crippen LogP contribution in [0.25, 0.3) is 0 Å². The second-order valence-electron chi connectivity index (χ2n) is 6.43. The summed E-state index contributed by atoms with van der Waals surface area (Å²) < 4.78 is 11.3. The normalized spacial score (nSPS) is 16.4. The molecule has 1 aromatic rings. The average Bonchev–Trinajstić information content (AvgIpc) is 2.59. The standard InChI is InChI=1S/C19H31N3O2/c1-4-20-19(22-15(2)3)21-13-16-5-7-17(8-6-16)14-24-18-9-11-23-12-10-18/h5-8,15,18H,4,9-14H2,1-3H3,(H2,20,21,22). The lowest BCUT2D eigenvalue weighted by Gasteiger charge is -2.22. The molecule has 1 aromatic carbocycles. The molecule has 5 heteroatoms. The highest BCUT2D eigenvalue weighted by molar-refractivity contribution is 5.79. The molecule has 134 valence electrons. The van der Waals surface area contributed by atoms with E-state index in [1.807, 2.05) is 0 Å². The number of hydrogen-bond donors (Lipinski definition) is 2. The minimum Gasteiger partial charge on any atom is -0.381 e. The molecule has 24 heavy (non-hydrogen) atoms. The maximum atomic E-state index is 5.96. The SMILES string of the molecule is CCNC(=NCc1ccc(COC2CCOCC2)cc1)NC(C)C. The molecule has 0 bridgehead atoms. The van der Waals surface area contributed by atoms with E-state index < -0.39 is 0 Å². The van der Waals surface area contributed by atoms with Crippen LogP contribution in [0.4, 0.5) is 0 Å². The van der Waals surface area contributed by atoms with E-state index in [1.165, 1.54) is 11.1 Å². The predicted molar refractivity (Wildman–Crippen MR) is 98.2 cm³/mol. The van der Waals surface area contributed by atoms with Crippen LogP contribution in [-0.4, -0.2) is 37.9 Å². The molecule has 0 aromatic heterocycles. The van der Waals surface area contributed by atoms with Gasteiger partial charge in [-0.05, 0) is 44.7 Å². The summed E-state index contributed by atoms with van der Waals surface area (Å²) in [7, 11) is 0. The largest absolute Gasteiger partial charge is 0.381 e.